The molecule has 1 fully saturated rings. The van der Waals surface area contributed by atoms with Crippen molar-refractivity contribution in [3.63, 3.8) is 0 Å². The number of hydrogen-bond donors (Lipinski definition) is 3. The number of aliphatic carboxylic acids is 1. The van der Waals surface area contributed by atoms with E-state index in [1.54, 1.807) is 0 Å². The third-order valence-electron chi connectivity index (χ3n) is 8.11. The monoisotopic (exact) mass is 574 g/mol. The van der Waals surface area contributed by atoms with Crippen LogP contribution in [-0.4, -0.2) is 66.4 Å². The highest BCUT2D eigenvalue weighted by molar-refractivity contribution is 5.79. The first-order chi connectivity index (χ1) is 20.5. The predicted octanol–water partition coefficient (Wildman–Crippen LogP) is 4.73. The van der Waals surface area contributed by atoms with E-state index in [2.05, 4.69) is 59.5 Å². The van der Waals surface area contributed by atoms with Crippen LogP contribution >= 0.6 is 0 Å². The van der Waals surface area contributed by atoms with Crippen molar-refractivity contribution in [1.29, 1.82) is 0 Å². The smallest absolute Gasteiger partial charge is 0.328 e. The molecule has 8 nitrogen and oxygen atoms in total. The molecule has 1 aliphatic heterocycles. The van der Waals surface area contributed by atoms with Gasteiger partial charge in [-0.05, 0) is 97.6 Å². The zero-order valence-corrected chi connectivity index (χ0v) is 24.3. The average molecular weight is 575 g/mol. The van der Waals surface area contributed by atoms with Gasteiger partial charge in [-0.1, -0.05) is 48.5 Å². The summed E-state index contributed by atoms with van der Waals surface area (Å²) in [7, 11) is 1.00. The number of carbonyl (C=O) groups is 2. The fourth-order valence-corrected chi connectivity index (χ4v) is 5.99. The molecule has 2 aliphatic rings. The molecule has 42 heavy (non-hydrogen) atoms. The minimum atomic E-state index is -0.988. The number of rotatable bonds is 11. The van der Waals surface area contributed by atoms with Crippen molar-refractivity contribution in [3.8, 4) is 11.5 Å². The van der Waals surface area contributed by atoms with E-state index in [-0.39, 0.29) is 18.8 Å². The third kappa shape index (κ3) is 8.18. The Morgan fingerprint density at radius 2 is 1.64 bits per heavy atom. The number of aliphatic hydroxyl groups is 1. The number of nitrogens with zero attached hydrogens (tertiary/aromatic N) is 1. The summed E-state index contributed by atoms with van der Waals surface area (Å²) in [5, 5.41) is 15.9. The van der Waals surface area contributed by atoms with Gasteiger partial charge in [-0.25, -0.2) is 4.79 Å². The summed E-state index contributed by atoms with van der Waals surface area (Å²) in [5.41, 5.74) is 10.8. The lowest BCUT2D eigenvalue weighted by molar-refractivity contribution is -0.138. The van der Waals surface area contributed by atoms with Crippen molar-refractivity contribution in [3.05, 3.63) is 95.1 Å². The molecule has 5 rings (SSSR count). The number of hydrogen-bond acceptors (Lipinski definition) is 7. The summed E-state index contributed by atoms with van der Waals surface area (Å²) in [6.07, 6.45) is 4.25. The highest BCUT2D eigenvalue weighted by Crippen LogP contribution is 2.47. The van der Waals surface area contributed by atoms with Gasteiger partial charge in [0.05, 0.1) is 0 Å². The molecular formula is C34H42N2O6. The van der Waals surface area contributed by atoms with Crippen molar-refractivity contribution in [1.82, 2.24) is 4.90 Å². The van der Waals surface area contributed by atoms with Crippen molar-refractivity contribution >= 4 is 11.9 Å². The fraction of sp³-hybridized carbons (Fsp3) is 0.412. The zero-order chi connectivity index (χ0) is 29.9. The topological polar surface area (TPSA) is 122 Å². The fourth-order valence-electron chi connectivity index (χ4n) is 5.99. The van der Waals surface area contributed by atoms with Crippen LogP contribution in [0.15, 0.2) is 72.8 Å². The summed E-state index contributed by atoms with van der Waals surface area (Å²) in [6, 6.07) is 24.0. The van der Waals surface area contributed by atoms with Crippen LogP contribution in [0.4, 0.5) is 0 Å². The molecule has 0 saturated carbocycles. The minimum Gasteiger partial charge on any atom is -0.492 e. The molecule has 1 saturated heterocycles. The molecule has 3 aromatic rings. The average Bonchev–Trinajstić information content (AvgIpc) is 3.54. The van der Waals surface area contributed by atoms with Gasteiger partial charge in [0.1, 0.15) is 24.1 Å². The maximum Gasteiger partial charge on any atom is 0.328 e. The van der Waals surface area contributed by atoms with Gasteiger partial charge in [0.2, 0.25) is 0 Å². The molecule has 8 heteroatoms. The van der Waals surface area contributed by atoms with E-state index in [1.165, 1.54) is 42.6 Å². The van der Waals surface area contributed by atoms with E-state index in [0.29, 0.717) is 18.3 Å². The van der Waals surface area contributed by atoms with Crippen molar-refractivity contribution in [2.75, 3.05) is 33.4 Å². The Balaban J connectivity index is 0.00000198. The minimum absolute atomic E-state index is 0.0396. The van der Waals surface area contributed by atoms with Crippen LogP contribution in [0.25, 0.3) is 0 Å². The Labute approximate surface area is 248 Å². The highest BCUT2D eigenvalue weighted by Gasteiger charge is 2.32. The molecule has 3 atom stereocenters. The molecule has 3 aromatic carbocycles. The van der Waals surface area contributed by atoms with Gasteiger partial charge in [-0.2, -0.15) is 0 Å². The Kier molecular flexibility index (Phi) is 11.5. The van der Waals surface area contributed by atoms with Crippen LogP contribution in [0.2, 0.25) is 0 Å². The Hall–Kier alpha value is -3.72. The summed E-state index contributed by atoms with van der Waals surface area (Å²) >= 11 is 0. The molecule has 1 aliphatic carbocycles. The number of likely N-dealkylation sites (tertiary alicyclic amines) is 1. The number of carboxylic acid groups (broad SMARTS) is 1. The van der Waals surface area contributed by atoms with Gasteiger partial charge >= 0.3 is 11.9 Å². The first-order valence-corrected chi connectivity index (χ1v) is 14.7. The number of benzene rings is 3. The SMILES string of the molecule is CO.N[C@@H](CCC(=O)O)C(=O)Oc1ccc2c(c1)CC[C@H](c1ccccc1)[C@@H]2c1ccc(OCCN2CCCC2)cc1. The molecule has 0 radical (unpaired) electrons. The molecule has 0 amide bonds. The molecule has 0 aromatic heterocycles. The Morgan fingerprint density at radius 1 is 0.952 bits per heavy atom. The van der Waals surface area contributed by atoms with E-state index in [9.17, 15) is 9.59 Å². The second-order valence-electron chi connectivity index (χ2n) is 10.8. The quantitative estimate of drug-likeness (QED) is 0.222. The summed E-state index contributed by atoms with van der Waals surface area (Å²) in [5.74, 6) is 0.180. The van der Waals surface area contributed by atoms with Crippen molar-refractivity contribution in [2.45, 2.75) is 56.4 Å². The third-order valence-corrected chi connectivity index (χ3v) is 8.11. The van der Waals surface area contributed by atoms with Crippen LogP contribution < -0.4 is 15.2 Å². The molecule has 0 spiro atoms. The summed E-state index contributed by atoms with van der Waals surface area (Å²) in [6.45, 7) is 4.00. The van der Waals surface area contributed by atoms with Crippen LogP contribution in [0.5, 0.6) is 11.5 Å². The van der Waals surface area contributed by atoms with Crippen LogP contribution in [0.3, 0.4) is 0 Å². The number of carbonyl (C=O) groups excluding carboxylic acids is 1. The molecule has 1 heterocycles. The van der Waals surface area contributed by atoms with E-state index in [0.717, 1.165) is 37.8 Å². The lowest BCUT2D eigenvalue weighted by Crippen LogP contribution is -2.34. The normalized spacial score (nSPS) is 18.7. The summed E-state index contributed by atoms with van der Waals surface area (Å²) in [4.78, 5) is 25.7. The number of ether oxygens (including phenoxy) is 2. The van der Waals surface area contributed by atoms with Gasteiger partial charge in [-0.15, -0.1) is 0 Å². The molecule has 0 bridgehead atoms. The number of esters is 1. The van der Waals surface area contributed by atoms with E-state index >= 15 is 0 Å². The lowest BCUT2D eigenvalue weighted by atomic mass is 9.69. The molecule has 4 N–H and O–H groups in total. The Morgan fingerprint density at radius 3 is 2.33 bits per heavy atom. The zero-order valence-electron chi connectivity index (χ0n) is 24.3. The standard InChI is InChI=1S/C33H38N2O5.CH4O/c34-30(16-17-31(36)37)33(38)40-27-13-15-29-25(22-27)10-14-28(23-6-2-1-3-7-23)32(29)24-8-11-26(12-9-24)39-21-20-35-18-4-5-19-35;1-2/h1-3,6-9,11-13,15,22,28,30,32H,4-5,10,14,16-21,34H2,(H,36,37);2H,1H3/t28-,30+,32+;/m1./s1. The number of aliphatic hydroxyl groups excluding tert-OH is 1. The lowest BCUT2D eigenvalue weighted by Gasteiger charge is -2.35. The molecule has 224 valence electrons. The summed E-state index contributed by atoms with van der Waals surface area (Å²) < 4.78 is 11.6. The van der Waals surface area contributed by atoms with Gasteiger partial charge in [0.25, 0.3) is 0 Å². The van der Waals surface area contributed by atoms with Gasteiger partial charge < -0.3 is 25.4 Å². The second-order valence-corrected chi connectivity index (χ2v) is 10.8. The number of carboxylic acids is 1. The largest absolute Gasteiger partial charge is 0.492 e. The predicted molar refractivity (Wildman–Crippen MR) is 162 cm³/mol. The van der Waals surface area contributed by atoms with Gasteiger partial charge in [0.15, 0.2) is 0 Å². The van der Waals surface area contributed by atoms with E-state index in [1.807, 2.05) is 18.2 Å². The van der Waals surface area contributed by atoms with Crippen molar-refractivity contribution < 1.29 is 29.3 Å². The first kappa shape index (κ1) is 31.2. The van der Waals surface area contributed by atoms with Crippen LogP contribution in [0.1, 0.15) is 66.2 Å². The number of fused-ring (bicyclic) bond motifs is 1. The van der Waals surface area contributed by atoms with E-state index < -0.39 is 18.0 Å². The molecule has 0 unspecified atom stereocenters. The van der Waals surface area contributed by atoms with Crippen LogP contribution in [0, 0.1) is 0 Å². The van der Waals surface area contributed by atoms with Gasteiger partial charge in [0, 0.05) is 26.0 Å². The maximum atomic E-state index is 12.4. The van der Waals surface area contributed by atoms with Crippen molar-refractivity contribution in [2.24, 2.45) is 5.73 Å². The number of nitrogens with two attached hydrogens (primary N) is 1. The molecular weight excluding hydrogens is 532 g/mol. The second kappa shape index (κ2) is 15.5. The van der Waals surface area contributed by atoms with Gasteiger partial charge in [-0.3, -0.25) is 9.69 Å². The highest BCUT2D eigenvalue weighted by atomic mass is 16.5. The number of aryl methyl sites for hydroxylation is 1. The first-order valence-electron chi connectivity index (χ1n) is 14.7. The Bertz CT molecular complexity index is 1290. The van der Waals surface area contributed by atoms with Crippen LogP contribution in [-0.2, 0) is 16.0 Å². The van der Waals surface area contributed by atoms with E-state index in [4.69, 9.17) is 25.4 Å². The maximum absolute atomic E-state index is 12.4.